The SMILES string of the molecule is O=[N+]([O-])c1ccc(N2CCN(c3ccc(OC(F)(F)F)cn3)CC2)cc1. The first-order valence-corrected chi connectivity index (χ1v) is 7.78. The topological polar surface area (TPSA) is 71.7 Å². The minimum Gasteiger partial charge on any atom is -0.404 e. The fourth-order valence-electron chi connectivity index (χ4n) is 2.73. The Bertz CT molecular complexity index is 758. The maximum atomic E-state index is 12.2. The van der Waals surface area contributed by atoms with E-state index in [-0.39, 0.29) is 11.4 Å². The van der Waals surface area contributed by atoms with E-state index in [0.29, 0.717) is 32.0 Å². The number of benzene rings is 1. The largest absolute Gasteiger partial charge is 0.573 e. The molecule has 1 aromatic heterocycles. The highest BCUT2D eigenvalue weighted by Crippen LogP contribution is 2.25. The summed E-state index contributed by atoms with van der Waals surface area (Å²) in [4.78, 5) is 18.3. The summed E-state index contributed by atoms with van der Waals surface area (Å²) in [6.45, 7) is 2.59. The molecule has 0 aliphatic carbocycles. The second-order valence-corrected chi connectivity index (χ2v) is 5.65. The minimum atomic E-state index is -4.74. The van der Waals surface area contributed by atoms with E-state index < -0.39 is 11.3 Å². The highest BCUT2D eigenvalue weighted by molar-refractivity contribution is 5.52. The van der Waals surface area contributed by atoms with Gasteiger partial charge in [0.2, 0.25) is 0 Å². The van der Waals surface area contributed by atoms with Gasteiger partial charge in [0.25, 0.3) is 5.69 Å². The summed E-state index contributed by atoms with van der Waals surface area (Å²) >= 11 is 0. The average molecular weight is 368 g/mol. The van der Waals surface area contributed by atoms with E-state index in [0.717, 1.165) is 11.9 Å². The molecule has 1 fully saturated rings. The van der Waals surface area contributed by atoms with Gasteiger partial charge in [-0.15, -0.1) is 13.2 Å². The Kier molecular flexibility index (Phi) is 4.83. The molecule has 1 saturated heterocycles. The standard InChI is InChI=1S/C16H15F3N4O3/c17-16(18,19)26-14-5-6-15(20-11-14)22-9-7-21(8-10-22)12-1-3-13(4-2-12)23(24)25/h1-6,11H,7-10H2. The van der Waals surface area contributed by atoms with Crippen LogP contribution in [-0.4, -0.2) is 42.4 Å². The lowest BCUT2D eigenvalue weighted by Gasteiger charge is -2.36. The van der Waals surface area contributed by atoms with Gasteiger partial charge in [-0.1, -0.05) is 0 Å². The van der Waals surface area contributed by atoms with Crippen molar-refractivity contribution in [2.24, 2.45) is 0 Å². The molecule has 2 aromatic rings. The smallest absolute Gasteiger partial charge is 0.404 e. The summed E-state index contributed by atoms with van der Waals surface area (Å²) in [7, 11) is 0. The van der Waals surface area contributed by atoms with Gasteiger partial charge in [0.15, 0.2) is 0 Å². The molecule has 1 aromatic carbocycles. The Hall–Kier alpha value is -3.04. The van der Waals surface area contributed by atoms with Crippen molar-refractivity contribution in [3.05, 3.63) is 52.7 Å². The number of alkyl halides is 3. The van der Waals surface area contributed by atoms with E-state index in [1.807, 2.05) is 4.90 Å². The van der Waals surface area contributed by atoms with Gasteiger partial charge in [-0.25, -0.2) is 4.98 Å². The Balaban J connectivity index is 1.58. The number of nitrogens with zero attached hydrogens (tertiary/aromatic N) is 4. The Morgan fingerprint density at radius 1 is 1.00 bits per heavy atom. The van der Waals surface area contributed by atoms with E-state index in [4.69, 9.17) is 0 Å². The van der Waals surface area contributed by atoms with Crippen LogP contribution in [0, 0.1) is 10.1 Å². The van der Waals surface area contributed by atoms with Crippen molar-refractivity contribution in [3.8, 4) is 5.75 Å². The fourth-order valence-corrected chi connectivity index (χ4v) is 2.73. The molecule has 0 spiro atoms. The molecule has 1 aliphatic rings. The van der Waals surface area contributed by atoms with Gasteiger partial charge in [-0.2, -0.15) is 0 Å². The molecule has 0 unspecified atom stereocenters. The van der Waals surface area contributed by atoms with Crippen molar-refractivity contribution < 1.29 is 22.8 Å². The molecule has 3 rings (SSSR count). The molecular weight excluding hydrogens is 353 g/mol. The highest BCUT2D eigenvalue weighted by atomic mass is 19.4. The molecule has 10 heteroatoms. The molecule has 0 saturated carbocycles. The van der Waals surface area contributed by atoms with E-state index in [9.17, 15) is 23.3 Å². The first-order valence-electron chi connectivity index (χ1n) is 7.78. The van der Waals surface area contributed by atoms with Crippen molar-refractivity contribution >= 4 is 17.2 Å². The summed E-state index contributed by atoms with van der Waals surface area (Å²) < 4.78 is 40.3. The van der Waals surface area contributed by atoms with Crippen LogP contribution in [0.25, 0.3) is 0 Å². The molecule has 0 amide bonds. The van der Waals surface area contributed by atoms with E-state index >= 15 is 0 Å². The number of hydrogen-bond donors (Lipinski definition) is 0. The number of non-ortho nitro benzene ring substituents is 1. The number of hydrogen-bond acceptors (Lipinski definition) is 6. The zero-order valence-corrected chi connectivity index (χ0v) is 13.5. The summed E-state index contributed by atoms with van der Waals surface area (Å²) in [6.07, 6.45) is -3.69. The zero-order valence-electron chi connectivity index (χ0n) is 13.5. The van der Waals surface area contributed by atoms with E-state index in [1.165, 1.54) is 24.3 Å². The number of rotatable bonds is 4. The number of pyridine rings is 1. The first kappa shape index (κ1) is 17.8. The van der Waals surface area contributed by atoms with Crippen LogP contribution in [0.3, 0.4) is 0 Å². The molecule has 1 aliphatic heterocycles. The predicted octanol–water partition coefficient (Wildman–Crippen LogP) is 3.22. The van der Waals surface area contributed by atoms with Crippen LogP contribution < -0.4 is 14.5 Å². The lowest BCUT2D eigenvalue weighted by atomic mass is 10.2. The number of aromatic nitrogens is 1. The van der Waals surface area contributed by atoms with Crippen LogP contribution in [0.15, 0.2) is 42.6 Å². The maximum Gasteiger partial charge on any atom is 0.573 e. The lowest BCUT2D eigenvalue weighted by molar-refractivity contribution is -0.384. The Morgan fingerprint density at radius 2 is 1.62 bits per heavy atom. The predicted molar refractivity (Wildman–Crippen MR) is 88.4 cm³/mol. The summed E-state index contributed by atoms with van der Waals surface area (Å²) in [5, 5.41) is 10.7. The van der Waals surface area contributed by atoms with Crippen molar-refractivity contribution in [1.29, 1.82) is 0 Å². The molecule has 0 atom stereocenters. The highest BCUT2D eigenvalue weighted by Gasteiger charge is 2.31. The number of anilines is 2. The Labute approximate surface area is 146 Å². The quantitative estimate of drug-likeness (QED) is 0.610. The van der Waals surface area contributed by atoms with Crippen LogP contribution in [0.5, 0.6) is 5.75 Å². The summed E-state index contributed by atoms with van der Waals surface area (Å²) in [6, 6.07) is 9.05. The van der Waals surface area contributed by atoms with Gasteiger partial charge in [0.05, 0.1) is 11.1 Å². The monoisotopic (exact) mass is 368 g/mol. The van der Waals surface area contributed by atoms with Crippen LogP contribution in [0.2, 0.25) is 0 Å². The third-order valence-electron chi connectivity index (χ3n) is 3.98. The second kappa shape index (κ2) is 7.06. The van der Waals surface area contributed by atoms with Gasteiger partial charge in [-0.05, 0) is 24.3 Å². The molecule has 2 heterocycles. The van der Waals surface area contributed by atoms with Crippen LogP contribution >= 0.6 is 0 Å². The van der Waals surface area contributed by atoms with E-state index in [1.54, 1.807) is 12.1 Å². The average Bonchev–Trinajstić information content (AvgIpc) is 2.61. The molecule has 0 radical (unpaired) electrons. The van der Waals surface area contributed by atoms with Crippen molar-refractivity contribution in [3.63, 3.8) is 0 Å². The first-order chi connectivity index (χ1) is 12.3. The normalized spacial score (nSPS) is 15.0. The maximum absolute atomic E-state index is 12.2. The van der Waals surface area contributed by atoms with Crippen LogP contribution in [0.1, 0.15) is 0 Å². The van der Waals surface area contributed by atoms with Crippen molar-refractivity contribution in [2.75, 3.05) is 36.0 Å². The van der Waals surface area contributed by atoms with Gasteiger partial charge in [0, 0.05) is 44.0 Å². The van der Waals surface area contributed by atoms with Crippen LogP contribution in [0.4, 0.5) is 30.4 Å². The molecule has 7 nitrogen and oxygen atoms in total. The lowest BCUT2D eigenvalue weighted by Crippen LogP contribution is -2.46. The molecule has 0 bridgehead atoms. The molecular formula is C16H15F3N4O3. The number of nitro groups is 1. The number of halogens is 3. The van der Waals surface area contributed by atoms with Crippen LogP contribution in [-0.2, 0) is 0 Å². The van der Waals surface area contributed by atoms with Gasteiger partial charge in [0.1, 0.15) is 11.6 Å². The summed E-state index contributed by atoms with van der Waals surface area (Å²) in [5.41, 5.74) is 0.926. The molecule has 138 valence electrons. The number of ether oxygens (including phenoxy) is 1. The van der Waals surface area contributed by atoms with Gasteiger partial charge < -0.3 is 14.5 Å². The van der Waals surface area contributed by atoms with E-state index in [2.05, 4.69) is 14.6 Å². The van der Waals surface area contributed by atoms with Gasteiger partial charge >= 0.3 is 6.36 Å². The molecule has 26 heavy (non-hydrogen) atoms. The number of piperazine rings is 1. The third-order valence-corrected chi connectivity index (χ3v) is 3.98. The molecule has 0 N–H and O–H groups in total. The summed E-state index contributed by atoms with van der Waals surface area (Å²) in [5.74, 6) is 0.216. The van der Waals surface area contributed by atoms with Crippen molar-refractivity contribution in [1.82, 2.24) is 4.98 Å². The zero-order chi connectivity index (χ0) is 18.7. The minimum absolute atomic E-state index is 0.0396. The third kappa shape index (κ3) is 4.32. The van der Waals surface area contributed by atoms with Gasteiger partial charge in [-0.3, -0.25) is 10.1 Å². The Morgan fingerprint density at radius 3 is 2.12 bits per heavy atom. The second-order valence-electron chi connectivity index (χ2n) is 5.65. The number of nitro benzene ring substituents is 1. The van der Waals surface area contributed by atoms with Crippen molar-refractivity contribution in [2.45, 2.75) is 6.36 Å². The fraction of sp³-hybridized carbons (Fsp3) is 0.312.